The Labute approximate surface area is 134 Å². The molecule has 2 aromatic carbocycles. The van der Waals surface area contributed by atoms with Crippen molar-refractivity contribution in [2.75, 3.05) is 11.4 Å². The van der Waals surface area contributed by atoms with Crippen LogP contribution in [-0.2, 0) is 10.0 Å². The molecule has 4 nitrogen and oxygen atoms in total. The number of fused-ring (bicyclic) bond motifs is 2. The summed E-state index contributed by atoms with van der Waals surface area (Å²) in [4.78, 5) is 0.829. The molecule has 0 saturated heterocycles. The fourth-order valence-electron chi connectivity index (χ4n) is 2.19. The van der Waals surface area contributed by atoms with E-state index in [1.807, 2.05) is 0 Å². The first-order chi connectivity index (χ1) is 10.8. The minimum Gasteiger partial charge on any atom is -0.497 e. The first kappa shape index (κ1) is 16.0. The Balaban J connectivity index is 2.30. The SMILES string of the molecule is COc1ccc2c(c1)N(S(=O)(=O)C(F)(F)F)c1ccccc1S2. The normalized spacial score (nSPS) is 14.2. The Morgan fingerprint density at radius 2 is 1.70 bits per heavy atom. The Hall–Kier alpha value is -1.87. The third kappa shape index (κ3) is 2.53. The third-order valence-corrected chi connectivity index (χ3v) is 5.81. The summed E-state index contributed by atoms with van der Waals surface area (Å²) < 4.78 is 68.9. The summed E-state index contributed by atoms with van der Waals surface area (Å²) in [5, 5.41) is 0. The molecule has 9 heteroatoms. The van der Waals surface area contributed by atoms with Gasteiger partial charge in [-0.3, -0.25) is 0 Å². The van der Waals surface area contributed by atoms with Crippen molar-refractivity contribution in [2.45, 2.75) is 15.3 Å². The molecule has 0 atom stereocenters. The van der Waals surface area contributed by atoms with E-state index in [1.165, 1.54) is 43.1 Å². The van der Waals surface area contributed by atoms with Gasteiger partial charge in [0.2, 0.25) is 0 Å². The van der Waals surface area contributed by atoms with Crippen LogP contribution in [0.2, 0.25) is 0 Å². The summed E-state index contributed by atoms with van der Waals surface area (Å²) >= 11 is 1.20. The number of para-hydroxylation sites is 1. The predicted octanol–water partition coefficient (Wildman–Crippen LogP) is 4.15. The molecule has 1 aliphatic rings. The molecule has 0 unspecified atom stereocenters. The van der Waals surface area contributed by atoms with Gasteiger partial charge in [0.15, 0.2) is 0 Å². The number of alkyl halides is 3. The van der Waals surface area contributed by atoms with Gasteiger partial charge in [-0.1, -0.05) is 23.9 Å². The third-order valence-electron chi connectivity index (χ3n) is 3.22. The van der Waals surface area contributed by atoms with Crippen LogP contribution in [0.3, 0.4) is 0 Å². The van der Waals surface area contributed by atoms with Gasteiger partial charge in [0.1, 0.15) is 5.75 Å². The predicted molar refractivity (Wildman–Crippen MR) is 80.7 cm³/mol. The molecule has 0 aliphatic carbocycles. The van der Waals surface area contributed by atoms with Crippen molar-refractivity contribution in [3.63, 3.8) is 0 Å². The van der Waals surface area contributed by atoms with Gasteiger partial charge >= 0.3 is 15.5 Å². The maximum absolute atomic E-state index is 13.1. The zero-order chi connectivity index (χ0) is 16.8. The topological polar surface area (TPSA) is 46.6 Å². The van der Waals surface area contributed by atoms with Crippen molar-refractivity contribution in [3.05, 3.63) is 42.5 Å². The standard InChI is InChI=1S/C14H10F3NO3S2/c1-21-9-6-7-13-11(8-9)18(23(19,20)14(15,16)17)10-4-2-3-5-12(10)22-13/h2-8H,1H3. The molecule has 2 aromatic rings. The Morgan fingerprint density at radius 1 is 1.04 bits per heavy atom. The van der Waals surface area contributed by atoms with Gasteiger partial charge in [-0.2, -0.15) is 21.6 Å². The highest BCUT2D eigenvalue weighted by Gasteiger charge is 2.52. The molecule has 0 bridgehead atoms. The molecule has 122 valence electrons. The lowest BCUT2D eigenvalue weighted by Crippen LogP contribution is -2.39. The largest absolute Gasteiger partial charge is 0.517 e. The molecule has 3 rings (SSSR count). The van der Waals surface area contributed by atoms with Crippen molar-refractivity contribution in [2.24, 2.45) is 0 Å². The lowest BCUT2D eigenvalue weighted by molar-refractivity contribution is -0.0435. The van der Waals surface area contributed by atoms with Crippen molar-refractivity contribution in [3.8, 4) is 5.75 Å². The van der Waals surface area contributed by atoms with Crippen LogP contribution in [-0.4, -0.2) is 21.0 Å². The van der Waals surface area contributed by atoms with Gasteiger partial charge < -0.3 is 4.74 Å². The number of halogens is 3. The Bertz CT molecular complexity index is 866. The number of methoxy groups -OCH3 is 1. The van der Waals surface area contributed by atoms with Gasteiger partial charge in [-0.05, 0) is 24.3 Å². The minimum atomic E-state index is -5.59. The maximum Gasteiger partial charge on any atom is 0.517 e. The maximum atomic E-state index is 13.1. The number of sulfonamides is 1. The molecule has 0 radical (unpaired) electrons. The number of hydrogen-bond donors (Lipinski definition) is 0. The number of nitrogens with zero attached hydrogens (tertiary/aromatic N) is 1. The van der Waals surface area contributed by atoms with Crippen LogP contribution < -0.4 is 9.04 Å². The van der Waals surface area contributed by atoms with E-state index >= 15 is 0 Å². The van der Waals surface area contributed by atoms with Gasteiger partial charge in [0.05, 0.1) is 18.5 Å². The van der Waals surface area contributed by atoms with Gasteiger partial charge in [0.25, 0.3) is 0 Å². The first-order valence-corrected chi connectivity index (χ1v) is 8.58. The van der Waals surface area contributed by atoms with Gasteiger partial charge in [-0.15, -0.1) is 0 Å². The number of ether oxygens (including phenoxy) is 1. The van der Waals surface area contributed by atoms with Crippen LogP contribution in [0.1, 0.15) is 0 Å². The van der Waals surface area contributed by atoms with Crippen LogP contribution >= 0.6 is 11.8 Å². The van der Waals surface area contributed by atoms with Crippen LogP contribution in [0.5, 0.6) is 5.75 Å². The average molecular weight is 361 g/mol. The van der Waals surface area contributed by atoms with Gasteiger partial charge in [0, 0.05) is 15.9 Å². The molecular weight excluding hydrogens is 351 g/mol. The first-order valence-electron chi connectivity index (χ1n) is 6.32. The average Bonchev–Trinajstić information content (AvgIpc) is 2.50. The van der Waals surface area contributed by atoms with Crippen molar-refractivity contribution >= 4 is 33.2 Å². The molecule has 0 spiro atoms. The molecule has 0 aromatic heterocycles. The fourth-order valence-corrected chi connectivity index (χ4v) is 4.38. The molecule has 0 saturated carbocycles. The summed E-state index contributed by atoms with van der Waals surface area (Å²) in [5.41, 5.74) is -5.52. The molecule has 0 amide bonds. The number of rotatable bonds is 2. The van der Waals surface area contributed by atoms with E-state index in [0.717, 1.165) is 0 Å². The smallest absolute Gasteiger partial charge is 0.497 e. The van der Waals surface area contributed by atoms with Crippen LogP contribution in [0.15, 0.2) is 52.3 Å². The van der Waals surface area contributed by atoms with Crippen molar-refractivity contribution in [1.82, 2.24) is 0 Å². The monoisotopic (exact) mass is 361 g/mol. The van der Waals surface area contributed by atoms with E-state index in [4.69, 9.17) is 4.74 Å². The lowest BCUT2D eigenvalue weighted by atomic mass is 10.2. The molecule has 1 heterocycles. The van der Waals surface area contributed by atoms with E-state index in [2.05, 4.69) is 0 Å². The van der Waals surface area contributed by atoms with Crippen molar-refractivity contribution < 1.29 is 26.3 Å². The van der Waals surface area contributed by atoms with Crippen LogP contribution in [0.4, 0.5) is 24.5 Å². The summed E-state index contributed by atoms with van der Waals surface area (Å²) in [6.45, 7) is 0. The zero-order valence-electron chi connectivity index (χ0n) is 11.7. The summed E-state index contributed by atoms with van der Waals surface area (Å²) in [6.07, 6.45) is 0. The van der Waals surface area contributed by atoms with Gasteiger partial charge in [-0.25, -0.2) is 4.31 Å². The number of benzene rings is 2. The molecule has 1 aliphatic heterocycles. The zero-order valence-corrected chi connectivity index (χ0v) is 13.3. The van der Waals surface area contributed by atoms with Crippen LogP contribution in [0.25, 0.3) is 0 Å². The minimum absolute atomic E-state index is 0.0319. The van der Waals surface area contributed by atoms with E-state index in [0.29, 0.717) is 14.1 Å². The van der Waals surface area contributed by atoms with Crippen molar-refractivity contribution in [1.29, 1.82) is 0 Å². The van der Waals surface area contributed by atoms with Crippen LogP contribution in [0, 0.1) is 0 Å². The van der Waals surface area contributed by atoms with E-state index in [9.17, 15) is 21.6 Å². The van der Waals surface area contributed by atoms with E-state index in [1.54, 1.807) is 18.2 Å². The molecular formula is C14H10F3NO3S2. The van der Waals surface area contributed by atoms with E-state index < -0.39 is 15.5 Å². The highest BCUT2D eigenvalue weighted by atomic mass is 32.2. The molecule has 0 fully saturated rings. The Kier molecular flexibility index (Phi) is 3.72. The summed E-state index contributed by atoms with van der Waals surface area (Å²) in [5.74, 6) is 0.270. The number of hydrogen-bond acceptors (Lipinski definition) is 4. The molecule has 0 N–H and O–H groups in total. The Morgan fingerprint density at radius 3 is 2.35 bits per heavy atom. The highest BCUT2D eigenvalue weighted by Crippen LogP contribution is 2.52. The second kappa shape index (κ2) is 5.34. The second-order valence-electron chi connectivity index (χ2n) is 4.62. The second-order valence-corrected chi connectivity index (χ2v) is 7.48. The highest BCUT2D eigenvalue weighted by molar-refractivity contribution is 8.00. The lowest BCUT2D eigenvalue weighted by Gasteiger charge is -2.32. The number of anilines is 2. The quantitative estimate of drug-likeness (QED) is 0.806. The summed E-state index contributed by atoms with van der Waals surface area (Å²) in [6, 6.07) is 10.4. The fraction of sp³-hybridized carbons (Fsp3) is 0.143. The molecule has 23 heavy (non-hydrogen) atoms. The van der Waals surface area contributed by atoms with E-state index in [-0.39, 0.29) is 17.1 Å². The summed E-state index contributed by atoms with van der Waals surface area (Å²) in [7, 11) is -4.23.